The summed E-state index contributed by atoms with van der Waals surface area (Å²) in [5.74, 6) is 3.91. The average Bonchev–Trinajstić information content (AvgIpc) is 3.67. The minimum absolute atomic E-state index is 0.0271. The number of pyridine rings is 1. The predicted octanol–water partition coefficient (Wildman–Crippen LogP) is 4.24. The first-order valence-corrected chi connectivity index (χ1v) is 11.8. The van der Waals surface area contributed by atoms with Crippen molar-refractivity contribution in [3.8, 4) is 11.4 Å². The molecule has 0 bridgehead atoms. The number of anilines is 4. The standard InChI is InChI=1S/C24H27N9O/c1-16-13-22(30-29-16)26-21-15-23(32-10-4-5-11-32)28-24(27-21)33-12-6-8-19(33)20-14-18(31-34-20)17-7-2-3-9-25-17/h2-3,7,9,13-15,19H,4-6,8,10-12H2,1H3,(H2,26,27,28,29,30)/t19-/m0/s1. The first-order chi connectivity index (χ1) is 16.7. The van der Waals surface area contributed by atoms with Gasteiger partial charge in [0.05, 0.1) is 11.7 Å². The number of nitrogens with one attached hydrogen (secondary N) is 2. The quantitative estimate of drug-likeness (QED) is 0.439. The summed E-state index contributed by atoms with van der Waals surface area (Å²) in [6.07, 6.45) is 6.11. The number of H-pyrrole nitrogens is 1. The number of hydrogen-bond acceptors (Lipinski definition) is 9. The number of aromatic nitrogens is 6. The van der Waals surface area contributed by atoms with Crippen LogP contribution in [-0.2, 0) is 0 Å². The van der Waals surface area contributed by atoms with E-state index in [1.165, 1.54) is 12.8 Å². The van der Waals surface area contributed by atoms with E-state index in [9.17, 15) is 0 Å². The lowest BCUT2D eigenvalue weighted by molar-refractivity contribution is 0.362. The lowest BCUT2D eigenvalue weighted by Crippen LogP contribution is -2.26. The number of rotatable bonds is 6. The third-order valence-electron chi connectivity index (χ3n) is 6.39. The Bertz CT molecular complexity index is 1260. The summed E-state index contributed by atoms with van der Waals surface area (Å²) >= 11 is 0. The molecule has 2 aliphatic rings. The molecule has 6 heterocycles. The largest absolute Gasteiger partial charge is 0.358 e. The first kappa shape index (κ1) is 20.6. The van der Waals surface area contributed by atoms with Crippen molar-refractivity contribution in [1.82, 2.24) is 30.3 Å². The van der Waals surface area contributed by atoms with Crippen LogP contribution < -0.4 is 15.1 Å². The van der Waals surface area contributed by atoms with Gasteiger partial charge in [0.15, 0.2) is 11.6 Å². The van der Waals surface area contributed by atoms with E-state index in [0.29, 0.717) is 5.95 Å². The summed E-state index contributed by atoms with van der Waals surface area (Å²) in [6, 6.07) is 11.8. The third kappa shape index (κ3) is 4.07. The van der Waals surface area contributed by atoms with E-state index in [-0.39, 0.29) is 6.04 Å². The normalized spacial score (nSPS) is 18.1. The van der Waals surface area contributed by atoms with Gasteiger partial charge in [0, 0.05) is 49.7 Å². The van der Waals surface area contributed by atoms with Crippen molar-refractivity contribution in [2.24, 2.45) is 0 Å². The predicted molar refractivity (Wildman–Crippen MR) is 129 cm³/mol. The van der Waals surface area contributed by atoms with E-state index in [4.69, 9.17) is 14.5 Å². The van der Waals surface area contributed by atoms with Gasteiger partial charge in [-0.3, -0.25) is 10.1 Å². The molecule has 2 saturated heterocycles. The molecule has 4 aromatic heterocycles. The van der Waals surface area contributed by atoms with Crippen LogP contribution in [0.25, 0.3) is 11.4 Å². The van der Waals surface area contributed by atoms with Crippen molar-refractivity contribution in [1.29, 1.82) is 0 Å². The summed E-state index contributed by atoms with van der Waals surface area (Å²) in [6.45, 7) is 4.85. The topological polar surface area (TPSA) is 112 Å². The smallest absolute Gasteiger partial charge is 0.229 e. The van der Waals surface area contributed by atoms with Gasteiger partial charge in [0.1, 0.15) is 17.3 Å². The second kappa shape index (κ2) is 8.77. The highest BCUT2D eigenvalue weighted by atomic mass is 16.5. The molecular formula is C24H27N9O. The van der Waals surface area contributed by atoms with Gasteiger partial charge in [-0.25, -0.2) is 0 Å². The van der Waals surface area contributed by atoms with Crippen LogP contribution in [0.3, 0.4) is 0 Å². The van der Waals surface area contributed by atoms with Crippen LogP contribution >= 0.6 is 0 Å². The Balaban J connectivity index is 1.32. The molecule has 10 heteroatoms. The van der Waals surface area contributed by atoms with Crippen molar-refractivity contribution < 1.29 is 4.52 Å². The van der Waals surface area contributed by atoms with Crippen LogP contribution in [0.2, 0.25) is 0 Å². The fourth-order valence-corrected chi connectivity index (χ4v) is 4.72. The molecule has 10 nitrogen and oxygen atoms in total. The highest BCUT2D eigenvalue weighted by Gasteiger charge is 2.32. The molecule has 0 aromatic carbocycles. The molecule has 34 heavy (non-hydrogen) atoms. The fourth-order valence-electron chi connectivity index (χ4n) is 4.72. The van der Waals surface area contributed by atoms with E-state index in [1.807, 2.05) is 43.3 Å². The van der Waals surface area contributed by atoms with Gasteiger partial charge >= 0.3 is 0 Å². The molecule has 0 unspecified atom stereocenters. The summed E-state index contributed by atoms with van der Waals surface area (Å²) < 4.78 is 5.79. The maximum absolute atomic E-state index is 5.79. The maximum atomic E-state index is 5.79. The zero-order chi connectivity index (χ0) is 22.9. The van der Waals surface area contributed by atoms with Crippen molar-refractivity contribution in [2.75, 3.05) is 34.8 Å². The Labute approximate surface area is 197 Å². The third-order valence-corrected chi connectivity index (χ3v) is 6.39. The highest BCUT2D eigenvalue weighted by molar-refractivity contribution is 5.61. The Morgan fingerprint density at radius 1 is 1.00 bits per heavy atom. The molecule has 0 amide bonds. The minimum atomic E-state index is 0.0271. The van der Waals surface area contributed by atoms with Gasteiger partial charge in [-0.05, 0) is 44.7 Å². The summed E-state index contributed by atoms with van der Waals surface area (Å²) in [5.41, 5.74) is 2.53. The molecular weight excluding hydrogens is 430 g/mol. The van der Waals surface area contributed by atoms with Crippen molar-refractivity contribution in [3.05, 3.63) is 54.0 Å². The molecule has 0 saturated carbocycles. The van der Waals surface area contributed by atoms with Crippen LogP contribution in [0, 0.1) is 6.92 Å². The number of aryl methyl sites for hydroxylation is 1. The zero-order valence-electron chi connectivity index (χ0n) is 19.1. The minimum Gasteiger partial charge on any atom is -0.358 e. The Morgan fingerprint density at radius 2 is 1.91 bits per heavy atom. The van der Waals surface area contributed by atoms with Crippen LogP contribution in [0.4, 0.5) is 23.4 Å². The van der Waals surface area contributed by atoms with E-state index < -0.39 is 0 Å². The molecule has 174 valence electrons. The summed E-state index contributed by atoms with van der Waals surface area (Å²) in [7, 11) is 0. The second-order valence-electron chi connectivity index (χ2n) is 8.85. The van der Waals surface area contributed by atoms with E-state index >= 15 is 0 Å². The molecule has 0 spiro atoms. The Morgan fingerprint density at radius 3 is 2.71 bits per heavy atom. The fraction of sp³-hybridized carbons (Fsp3) is 0.375. The number of aromatic amines is 1. The highest BCUT2D eigenvalue weighted by Crippen LogP contribution is 2.37. The summed E-state index contributed by atoms with van der Waals surface area (Å²) in [5, 5.41) is 14.9. The monoisotopic (exact) mass is 457 g/mol. The van der Waals surface area contributed by atoms with E-state index in [2.05, 4.69) is 35.5 Å². The Kier molecular flexibility index (Phi) is 5.32. The SMILES string of the molecule is Cc1cc(Nc2cc(N3CCCC3)nc(N3CCC[C@H]3c3cc(-c4ccccn4)no3)n2)n[nH]1. The first-order valence-electron chi connectivity index (χ1n) is 11.8. The molecule has 2 aliphatic heterocycles. The van der Waals surface area contributed by atoms with Gasteiger partial charge in [-0.1, -0.05) is 11.2 Å². The van der Waals surface area contributed by atoms with Gasteiger partial charge in [-0.15, -0.1) is 0 Å². The molecule has 1 atom stereocenters. The molecule has 0 radical (unpaired) electrons. The van der Waals surface area contributed by atoms with Gasteiger partial charge in [0.2, 0.25) is 5.95 Å². The number of nitrogens with zero attached hydrogens (tertiary/aromatic N) is 7. The van der Waals surface area contributed by atoms with Crippen LogP contribution in [0.1, 0.15) is 43.2 Å². The van der Waals surface area contributed by atoms with Crippen LogP contribution in [0.5, 0.6) is 0 Å². The molecule has 4 aromatic rings. The van der Waals surface area contributed by atoms with Gasteiger partial charge in [0.25, 0.3) is 0 Å². The van der Waals surface area contributed by atoms with Crippen LogP contribution in [0.15, 0.2) is 47.1 Å². The maximum Gasteiger partial charge on any atom is 0.229 e. The van der Waals surface area contributed by atoms with E-state index in [0.717, 1.165) is 72.8 Å². The average molecular weight is 458 g/mol. The molecule has 6 rings (SSSR count). The summed E-state index contributed by atoms with van der Waals surface area (Å²) in [4.78, 5) is 18.8. The van der Waals surface area contributed by atoms with Crippen molar-refractivity contribution in [3.63, 3.8) is 0 Å². The van der Waals surface area contributed by atoms with E-state index in [1.54, 1.807) is 6.20 Å². The molecule has 0 aliphatic carbocycles. The van der Waals surface area contributed by atoms with Gasteiger partial charge in [-0.2, -0.15) is 15.1 Å². The van der Waals surface area contributed by atoms with Crippen molar-refractivity contribution in [2.45, 2.75) is 38.6 Å². The molecule has 2 N–H and O–H groups in total. The zero-order valence-corrected chi connectivity index (χ0v) is 19.1. The Hall–Kier alpha value is -3.95. The lowest BCUT2D eigenvalue weighted by Gasteiger charge is -2.25. The molecule has 2 fully saturated rings. The van der Waals surface area contributed by atoms with Crippen molar-refractivity contribution >= 4 is 23.4 Å². The van der Waals surface area contributed by atoms with Gasteiger partial charge < -0.3 is 19.6 Å². The number of hydrogen-bond donors (Lipinski definition) is 2. The lowest BCUT2D eigenvalue weighted by atomic mass is 10.1. The second-order valence-corrected chi connectivity index (χ2v) is 8.85. The van der Waals surface area contributed by atoms with Crippen LogP contribution in [-0.4, -0.2) is 49.9 Å².